The van der Waals surface area contributed by atoms with Gasteiger partial charge in [0.25, 0.3) is 0 Å². The summed E-state index contributed by atoms with van der Waals surface area (Å²) in [5.74, 6) is 0.946. The van der Waals surface area contributed by atoms with Crippen LogP contribution in [0.4, 0.5) is 0 Å². The van der Waals surface area contributed by atoms with Crippen LogP contribution in [0.1, 0.15) is 37.7 Å². The van der Waals surface area contributed by atoms with E-state index in [9.17, 15) is 0 Å². The molecule has 0 spiro atoms. The minimum atomic E-state index is 0.230. The summed E-state index contributed by atoms with van der Waals surface area (Å²) >= 11 is 0. The van der Waals surface area contributed by atoms with E-state index in [2.05, 4.69) is 29.2 Å². The highest BCUT2D eigenvalue weighted by molar-refractivity contribution is 5.32. The summed E-state index contributed by atoms with van der Waals surface area (Å²) in [6.45, 7) is 3.87. The Bertz CT molecular complexity index is 417. The van der Waals surface area contributed by atoms with Gasteiger partial charge in [-0.15, -0.1) is 0 Å². The fourth-order valence-corrected chi connectivity index (χ4v) is 3.82. The molecule has 3 rings (SSSR count). The molecule has 2 fully saturated rings. The Labute approximate surface area is 121 Å². The highest BCUT2D eigenvalue weighted by Crippen LogP contribution is 2.43. The van der Waals surface area contributed by atoms with Gasteiger partial charge in [-0.2, -0.15) is 0 Å². The quantitative estimate of drug-likeness (QED) is 0.845. The SMILES string of the molecule is COc1ccc(C2(N3CCOCC3)CCCCC2)cc1. The summed E-state index contributed by atoms with van der Waals surface area (Å²) in [5, 5.41) is 0. The van der Waals surface area contributed by atoms with Gasteiger partial charge in [0.05, 0.1) is 20.3 Å². The summed E-state index contributed by atoms with van der Waals surface area (Å²) < 4.78 is 10.8. The molecule has 1 saturated carbocycles. The lowest BCUT2D eigenvalue weighted by molar-refractivity contribution is -0.0404. The second-order valence-corrected chi connectivity index (χ2v) is 5.92. The molecule has 110 valence electrons. The zero-order valence-electron chi connectivity index (χ0n) is 12.4. The van der Waals surface area contributed by atoms with E-state index in [1.54, 1.807) is 7.11 Å². The van der Waals surface area contributed by atoms with E-state index < -0.39 is 0 Å². The van der Waals surface area contributed by atoms with Gasteiger partial charge >= 0.3 is 0 Å². The van der Waals surface area contributed by atoms with Crippen molar-refractivity contribution >= 4 is 0 Å². The van der Waals surface area contributed by atoms with Gasteiger partial charge < -0.3 is 9.47 Å². The Balaban J connectivity index is 1.90. The van der Waals surface area contributed by atoms with E-state index in [1.807, 2.05) is 0 Å². The molecular formula is C17H25NO2. The van der Waals surface area contributed by atoms with E-state index in [4.69, 9.17) is 9.47 Å². The number of hydrogen-bond acceptors (Lipinski definition) is 3. The molecule has 3 heteroatoms. The maximum Gasteiger partial charge on any atom is 0.118 e. The smallest absolute Gasteiger partial charge is 0.118 e. The Morgan fingerprint density at radius 1 is 1.00 bits per heavy atom. The lowest BCUT2D eigenvalue weighted by Gasteiger charge is -2.48. The molecule has 1 aromatic carbocycles. The van der Waals surface area contributed by atoms with Crippen molar-refractivity contribution in [3.8, 4) is 5.75 Å². The average Bonchev–Trinajstić information content (AvgIpc) is 2.56. The third kappa shape index (κ3) is 2.57. The van der Waals surface area contributed by atoms with E-state index in [-0.39, 0.29) is 5.54 Å². The number of hydrogen-bond donors (Lipinski definition) is 0. The van der Waals surface area contributed by atoms with E-state index >= 15 is 0 Å². The maximum atomic E-state index is 5.55. The van der Waals surface area contributed by atoms with Crippen molar-refractivity contribution in [2.24, 2.45) is 0 Å². The number of benzene rings is 1. The van der Waals surface area contributed by atoms with Crippen molar-refractivity contribution in [2.75, 3.05) is 33.4 Å². The molecule has 1 heterocycles. The molecule has 2 aliphatic rings. The fourth-order valence-electron chi connectivity index (χ4n) is 3.82. The van der Waals surface area contributed by atoms with Crippen molar-refractivity contribution in [3.63, 3.8) is 0 Å². The van der Waals surface area contributed by atoms with Gasteiger partial charge in [0, 0.05) is 18.6 Å². The lowest BCUT2D eigenvalue weighted by Crippen LogP contribution is -2.52. The van der Waals surface area contributed by atoms with Gasteiger partial charge in [0.1, 0.15) is 5.75 Å². The monoisotopic (exact) mass is 275 g/mol. The molecule has 1 aliphatic heterocycles. The summed E-state index contributed by atoms with van der Waals surface area (Å²) in [7, 11) is 1.73. The third-order valence-corrected chi connectivity index (χ3v) is 4.92. The highest BCUT2D eigenvalue weighted by Gasteiger charge is 2.39. The van der Waals surface area contributed by atoms with Gasteiger partial charge in [-0.3, -0.25) is 4.90 Å². The van der Waals surface area contributed by atoms with Gasteiger partial charge in [0.2, 0.25) is 0 Å². The van der Waals surface area contributed by atoms with Crippen LogP contribution in [0.3, 0.4) is 0 Å². The van der Waals surface area contributed by atoms with Crippen LogP contribution in [0.5, 0.6) is 5.75 Å². The number of methoxy groups -OCH3 is 1. The van der Waals surface area contributed by atoms with Gasteiger partial charge in [-0.25, -0.2) is 0 Å². The van der Waals surface area contributed by atoms with Crippen LogP contribution in [0.15, 0.2) is 24.3 Å². The Hall–Kier alpha value is -1.06. The van der Waals surface area contributed by atoms with Gasteiger partial charge in [-0.1, -0.05) is 31.4 Å². The molecule has 1 aliphatic carbocycles. The lowest BCUT2D eigenvalue weighted by atomic mass is 9.75. The zero-order valence-corrected chi connectivity index (χ0v) is 12.4. The first-order valence-electron chi connectivity index (χ1n) is 7.82. The number of morpholine rings is 1. The molecule has 0 N–H and O–H groups in total. The molecule has 0 aromatic heterocycles. The molecule has 0 amide bonds. The summed E-state index contributed by atoms with van der Waals surface area (Å²) in [5.41, 5.74) is 1.69. The predicted octanol–water partition coefficient (Wildman–Crippen LogP) is 3.19. The zero-order chi connectivity index (χ0) is 13.8. The van der Waals surface area contributed by atoms with Crippen LogP contribution in [-0.4, -0.2) is 38.3 Å². The summed E-state index contributed by atoms with van der Waals surface area (Å²) in [6, 6.07) is 8.73. The standard InChI is InChI=1S/C17H25NO2/c1-19-16-7-5-15(6-8-16)17(9-3-2-4-10-17)18-11-13-20-14-12-18/h5-8H,2-4,9-14H2,1H3. The molecule has 0 radical (unpaired) electrons. The Kier molecular flexibility index (Phi) is 4.27. The van der Waals surface area contributed by atoms with Crippen LogP contribution in [0.2, 0.25) is 0 Å². The second kappa shape index (κ2) is 6.15. The van der Waals surface area contributed by atoms with E-state index in [0.717, 1.165) is 32.1 Å². The van der Waals surface area contributed by atoms with Crippen molar-refractivity contribution < 1.29 is 9.47 Å². The molecule has 0 unspecified atom stereocenters. The summed E-state index contributed by atoms with van der Waals surface area (Å²) in [4.78, 5) is 2.66. The fraction of sp³-hybridized carbons (Fsp3) is 0.647. The van der Waals surface area contributed by atoms with E-state index in [0.29, 0.717) is 0 Å². The minimum Gasteiger partial charge on any atom is -0.497 e. The minimum absolute atomic E-state index is 0.230. The normalized spacial score (nSPS) is 23.4. The maximum absolute atomic E-state index is 5.55. The largest absolute Gasteiger partial charge is 0.497 e. The van der Waals surface area contributed by atoms with Crippen molar-refractivity contribution in [1.82, 2.24) is 4.90 Å². The molecule has 0 bridgehead atoms. The number of rotatable bonds is 3. The van der Waals surface area contributed by atoms with Gasteiger partial charge in [-0.05, 0) is 30.5 Å². The van der Waals surface area contributed by atoms with Crippen LogP contribution in [0, 0.1) is 0 Å². The van der Waals surface area contributed by atoms with Crippen molar-refractivity contribution in [3.05, 3.63) is 29.8 Å². The highest BCUT2D eigenvalue weighted by atomic mass is 16.5. The first-order valence-corrected chi connectivity index (χ1v) is 7.82. The first-order chi connectivity index (χ1) is 9.85. The van der Waals surface area contributed by atoms with Crippen LogP contribution < -0.4 is 4.74 Å². The molecule has 1 saturated heterocycles. The number of nitrogens with zero attached hydrogens (tertiary/aromatic N) is 1. The summed E-state index contributed by atoms with van der Waals surface area (Å²) in [6.07, 6.45) is 6.60. The van der Waals surface area contributed by atoms with Crippen LogP contribution in [-0.2, 0) is 10.3 Å². The third-order valence-electron chi connectivity index (χ3n) is 4.92. The molecular weight excluding hydrogens is 250 g/mol. The number of ether oxygens (including phenoxy) is 2. The van der Waals surface area contributed by atoms with Gasteiger partial charge in [0.15, 0.2) is 0 Å². The molecule has 3 nitrogen and oxygen atoms in total. The topological polar surface area (TPSA) is 21.7 Å². The predicted molar refractivity (Wildman–Crippen MR) is 80.1 cm³/mol. The molecule has 1 aromatic rings. The Morgan fingerprint density at radius 3 is 2.25 bits per heavy atom. The average molecular weight is 275 g/mol. The van der Waals surface area contributed by atoms with Crippen molar-refractivity contribution in [1.29, 1.82) is 0 Å². The van der Waals surface area contributed by atoms with Crippen molar-refractivity contribution in [2.45, 2.75) is 37.6 Å². The molecule has 0 atom stereocenters. The van der Waals surface area contributed by atoms with Crippen LogP contribution >= 0.6 is 0 Å². The molecule has 20 heavy (non-hydrogen) atoms. The van der Waals surface area contributed by atoms with Crippen LogP contribution in [0.25, 0.3) is 0 Å². The first kappa shape index (κ1) is 13.9. The second-order valence-electron chi connectivity index (χ2n) is 5.92. The van der Waals surface area contributed by atoms with E-state index in [1.165, 1.54) is 37.7 Å². The Morgan fingerprint density at radius 2 is 1.65 bits per heavy atom.